The fourth-order valence-electron chi connectivity index (χ4n) is 4.36. The van der Waals surface area contributed by atoms with E-state index in [-0.39, 0.29) is 18.0 Å². The monoisotopic (exact) mass is 423 g/mol. The van der Waals surface area contributed by atoms with Crippen LogP contribution in [0.25, 0.3) is 16.8 Å². The Bertz CT molecular complexity index is 962. The highest BCUT2D eigenvalue weighted by molar-refractivity contribution is 6.22. The number of alkyl halides is 1. The van der Waals surface area contributed by atoms with Gasteiger partial charge in [-0.25, -0.2) is 4.39 Å². The molecule has 0 spiro atoms. The van der Waals surface area contributed by atoms with Crippen LogP contribution in [0.4, 0.5) is 10.1 Å². The van der Waals surface area contributed by atoms with E-state index in [0.29, 0.717) is 12.1 Å². The Morgan fingerprint density at radius 3 is 2.74 bits per heavy atom. The van der Waals surface area contributed by atoms with Crippen LogP contribution >= 0.6 is 0 Å². The summed E-state index contributed by atoms with van der Waals surface area (Å²) in [7, 11) is 0. The Kier molecular flexibility index (Phi) is 6.05. The van der Waals surface area contributed by atoms with Gasteiger partial charge < -0.3 is 15.5 Å². The fraction of sp³-hybridized carbons (Fsp3) is 0.458. The lowest BCUT2D eigenvalue weighted by Crippen LogP contribution is -2.47. The van der Waals surface area contributed by atoms with Gasteiger partial charge in [-0.05, 0) is 51.8 Å². The normalized spacial score (nSPS) is 19.9. The SMILES string of the molecule is CC1C=C(C(=O)NC2CCN(CC(C)(C)F)CC2)c2cc(-c3cnccn3)ccc2N1. The number of hydrogen-bond donors (Lipinski definition) is 2. The third kappa shape index (κ3) is 5.28. The third-order valence-electron chi connectivity index (χ3n) is 5.74. The first-order valence-corrected chi connectivity index (χ1v) is 10.9. The number of carbonyl (C=O) groups is 1. The zero-order valence-electron chi connectivity index (χ0n) is 18.4. The number of nitrogens with one attached hydrogen (secondary N) is 2. The molecule has 6 nitrogen and oxygen atoms in total. The number of aromatic nitrogens is 2. The van der Waals surface area contributed by atoms with Crippen LogP contribution < -0.4 is 10.6 Å². The van der Waals surface area contributed by atoms with Gasteiger partial charge in [0.2, 0.25) is 0 Å². The topological polar surface area (TPSA) is 70.2 Å². The van der Waals surface area contributed by atoms with Crippen LogP contribution in [0.1, 0.15) is 39.2 Å². The van der Waals surface area contributed by atoms with Gasteiger partial charge in [-0.3, -0.25) is 14.8 Å². The van der Waals surface area contributed by atoms with E-state index in [2.05, 4.69) is 25.5 Å². The van der Waals surface area contributed by atoms with Gasteiger partial charge in [0.25, 0.3) is 5.91 Å². The van der Waals surface area contributed by atoms with Crippen molar-refractivity contribution < 1.29 is 9.18 Å². The summed E-state index contributed by atoms with van der Waals surface area (Å²) >= 11 is 0. The number of amides is 1. The average Bonchev–Trinajstić information content (AvgIpc) is 2.74. The minimum absolute atomic E-state index is 0.0595. The van der Waals surface area contributed by atoms with Crippen LogP contribution in [0.3, 0.4) is 0 Å². The van der Waals surface area contributed by atoms with E-state index < -0.39 is 5.67 Å². The van der Waals surface area contributed by atoms with Crippen molar-refractivity contribution in [3.8, 4) is 11.3 Å². The first-order chi connectivity index (χ1) is 14.8. The molecule has 2 aromatic rings. The van der Waals surface area contributed by atoms with Crippen molar-refractivity contribution in [2.75, 3.05) is 25.0 Å². The van der Waals surface area contributed by atoms with E-state index in [4.69, 9.17) is 0 Å². The van der Waals surface area contributed by atoms with Gasteiger partial charge in [0, 0.05) is 66.5 Å². The third-order valence-corrected chi connectivity index (χ3v) is 5.74. The van der Waals surface area contributed by atoms with Crippen LogP contribution in [0, 0.1) is 0 Å². The highest BCUT2D eigenvalue weighted by Gasteiger charge is 2.28. The summed E-state index contributed by atoms with van der Waals surface area (Å²) in [5.74, 6) is -0.0600. The molecule has 2 aliphatic rings. The first-order valence-electron chi connectivity index (χ1n) is 10.9. The van der Waals surface area contributed by atoms with E-state index in [1.165, 1.54) is 0 Å². The molecule has 1 atom stereocenters. The van der Waals surface area contributed by atoms with E-state index in [0.717, 1.165) is 48.4 Å². The number of halogens is 1. The molecule has 0 radical (unpaired) electrons. The Labute approximate surface area is 183 Å². The van der Waals surface area contributed by atoms with Gasteiger partial charge in [0.05, 0.1) is 11.9 Å². The maximum absolute atomic E-state index is 13.9. The molecule has 0 saturated carbocycles. The predicted octanol–water partition coefficient (Wildman–Crippen LogP) is 3.67. The maximum Gasteiger partial charge on any atom is 0.251 e. The standard InChI is InChI=1S/C24H30FN5O/c1-16-12-20(23(31)29-18-6-10-30(11-7-18)15-24(2,3)25)19-13-17(4-5-21(19)28-16)22-14-26-8-9-27-22/h4-5,8-9,12-14,16,18,28H,6-7,10-11,15H2,1-3H3,(H,29,31). The van der Waals surface area contributed by atoms with Crippen LogP contribution in [0.5, 0.6) is 0 Å². The summed E-state index contributed by atoms with van der Waals surface area (Å²) in [6, 6.07) is 6.14. The number of anilines is 1. The van der Waals surface area contributed by atoms with Gasteiger partial charge in [-0.1, -0.05) is 6.07 Å². The smallest absolute Gasteiger partial charge is 0.251 e. The molecule has 3 heterocycles. The summed E-state index contributed by atoms with van der Waals surface area (Å²) in [5, 5.41) is 6.63. The highest BCUT2D eigenvalue weighted by atomic mass is 19.1. The molecule has 1 aromatic heterocycles. The molecule has 1 fully saturated rings. The van der Waals surface area contributed by atoms with Crippen LogP contribution in [0.2, 0.25) is 0 Å². The molecule has 0 aliphatic carbocycles. The van der Waals surface area contributed by atoms with E-state index in [9.17, 15) is 9.18 Å². The molecule has 7 heteroatoms. The molecule has 2 aliphatic heterocycles. The quantitative estimate of drug-likeness (QED) is 0.768. The number of piperidine rings is 1. The number of carbonyl (C=O) groups excluding carboxylic acids is 1. The second-order valence-electron chi connectivity index (χ2n) is 9.11. The van der Waals surface area contributed by atoms with Crippen molar-refractivity contribution in [3.05, 3.63) is 48.4 Å². The molecule has 31 heavy (non-hydrogen) atoms. The van der Waals surface area contributed by atoms with Crippen LogP contribution in [-0.4, -0.2) is 58.2 Å². The second-order valence-corrected chi connectivity index (χ2v) is 9.11. The lowest BCUT2D eigenvalue weighted by molar-refractivity contribution is -0.116. The summed E-state index contributed by atoms with van der Waals surface area (Å²) in [4.78, 5) is 23.9. The number of fused-ring (bicyclic) bond motifs is 1. The first kappa shape index (κ1) is 21.4. The number of hydrogen-bond acceptors (Lipinski definition) is 5. The van der Waals surface area contributed by atoms with Crippen molar-refractivity contribution in [2.45, 2.75) is 51.4 Å². The second kappa shape index (κ2) is 8.75. The van der Waals surface area contributed by atoms with E-state index >= 15 is 0 Å². The van der Waals surface area contributed by atoms with E-state index in [1.807, 2.05) is 31.2 Å². The summed E-state index contributed by atoms with van der Waals surface area (Å²) < 4.78 is 13.9. The number of likely N-dealkylation sites (tertiary alicyclic amines) is 1. The molecule has 164 valence electrons. The van der Waals surface area contributed by atoms with Gasteiger partial charge in [-0.15, -0.1) is 0 Å². The van der Waals surface area contributed by atoms with Crippen LogP contribution in [-0.2, 0) is 4.79 Å². The van der Waals surface area contributed by atoms with Gasteiger partial charge >= 0.3 is 0 Å². The fourth-order valence-corrected chi connectivity index (χ4v) is 4.36. The van der Waals surface area contributed by atoms with Gasteiger partial charge in [0.1, 0.15) is 5.67 Å². The van der Waals surface area contributed by atoms with Crippen molar-refractivity contribution in [3.63, 3.8) is 0 Å². The molecular formula is C24H30FN5O. The Morgan fingerprint density at radius 1 is 1.29 bits per heavy atom. The average molecular weight is 424 g/mol. The van der Waals surface area contributed by atoms with Gasteiger partial charge in [0.15, 0.2) is 0 Å². The molecule has 1 saturated heterocycles. The Morgan fingerprint density at radius 2 is 2.06 bits per heavy atom. The summed E-state index contributed by atoms with van der Waals surface area (Å²) in [5.41, 5.74) is 2.98. The largest absolute Gasteiger partial charge is 0.379 e. The number of rotatable bonds is 5. The van der Waals surface area contributed by atoms with Crippen molar-refractivity contribution in [1.29, 1.82) is 0 Å². The maximum atomic E-state index is 13.9. The Balaban J connectivity index is 1.48. The lowest BCUT2D eigenvalue weighted by Gasteiger charge is -2.35. The highest BCUT2D eigenvalue weighted by Crippen LogP contribution is 2.33. The molecule has 2 N–H and O–H groups in total. The zero-order valence-corrected chi connectivity index (χ0v) is 18.4. The summed E-state index contributed by atoms with van der Waals surface area (Å²) in [6.45, 7) is 7.27. The molecule has 4 rings (SSSR count). The zero-order chi connectivity index (χ0) is 22.0. The van der Waals surface area contributed by atoms with Gasteiger partial charge in [-0.2, -0.15) is 0 Å². The minimum Gasteiger partial charge on any atom is -0.379 e. The van der Waals surface area contributed by atoms with Crippen molar-refractivity contribution in [1.82, 2.24) is 20.2 Å². The van der Waals surface area contributed by atoms with Crippen molar-refractivity contribution >= 4 is 17.2 Å². The number of benzene rings is 1. The van der Waals surface area contributed by atoms with E-state index in [1.54, 1.807) is 32.4 Å². The Hall–Kier alpha value is -2.80. The van der Waals surface area contributed by atoms with Crippen molar-refractivity contribution in [2.24, 2.45) is 0 Å². The predicted molar refractivity (Wildman–Crippen MR) is 121 cm³/mol. The lowest BCUT2D eigenvalue weighted by atomic mass is 9.93. The summed E-state index contributed by atoms with van der Waals surface area (Å²) in [6.07, 6.45) is 8.65. The minimum atomic E-state index is -1.20. The molecule has 1 unspecified atom stereocenters. The number of nitrogens with zero attached hydrogens (tertiary/aromatic N) is 3. The molecule has 1 amide bonds. The van der Waals surface area contributed by atoms with Crippen LogP contribution in [0.15, 0.2) is 42.9 Å². The molecule has 1 aromatic carbocycles. The molecule has 0 bridgehead atoms. The molecular weight excluding hydrogens is 393 g/mol.